The van der Waals surface area contributed by atoms with Gasteiger partial charge in [-0.2, -0.15) is 0 Å². The molecule has 0 aliphatic heterocycles. The number of ether oxygens (including phenoxy) is 2. The lowest BCUT2D eigenvalue weighted by molar-refractivity contribution is 0.0818. The minimum atomic E-state index is -0.240. The summed E-state index contributed by atoms with van der Waals surface area (Å²) in [6, 6.07) is 10.1. The van der Waals surface area contributed by atoms with Gasteiger partial charge in [-0.1, -0.05) is 0 Å². The van der Waals surface area contributed by atoms with Crippen molar-refractivity contribution in [1.29, 1.82) is 0 Å². The van der Waals surface area contributed by atoms with Crippen LogP contribution >= 0.6 is 0 Å². The van der Waals surface area contributed by atoms with Gasteiger partial charge in [0.15, 0.2) is 0 Å². The van der Waals surface area contributed by atoms with Crippen LogP contribution in [-0.2, 0) is 4.74 Å². The highest BCUT2D eigenvalue weighted by Crippen LogP contribution is 2.39. The van der Waals surface area contributed by atoms with Crippen LogP contribution in [0.2, 0.25) is 0 Å². The zero-order valence-corrected chi connectivity index (χ0v) is 18.4. The second-order valence-corrected chi connectivity index (χ2v) is 8.30. The van der Waals surface area contributed by atoms with Gasteiger partial charge in [0, 0.05) is 31.0 Å². The number of amides is 1. The molecule has 0 bridgehead atoms. The molecular weight excluding hydrogens is 409 g/mol. The van der Waals surface area contributed by atoms with Crippen LogP contribution in [0.4, 0.5) is 4.39 Å². The molecule has 1 saturated carbocycles. The molecule has 32 heavy (non-hydrogen) atoms. The van der Waals surface area contributed by atoms with Crippen molar-refractivity contribution in [2.45, 2.75) is 37.6 Å². The first kappa shape index (κ1) is 22.1. The Labute approximate surface area is 187 Å². The van der Waals surface area contributed by atoms with Crippen LogP contribution in [0.15, 0.2) is 48.8 Å². The van der Waals surface area contributed by atoms with Crippen molar-refractivity contribution in [2.75, 3.05) is 20.8 Å². The van der Waals surface area contributed by atoms with E-state index in [1.807, 2.05) is 6.07 Å². The summed E-state index contributed by atoms with van der Waals surface area (Å²) in [7, 11) is 3.19. The molecule has 0 radical (unpaired) electrons. The SMILES string of the molecule is COC[C@@H](NC(=O)c1ccc(OC)nc1)C1CCC(c2ccnc3ccc(F)cc23)CC1. The third kappa shape index (κ3) is 4.88. The Bertz CT molecular complexity index is 1070. The highest BCUT2D eigenvalue weighted by atomic mass is 19.1. The van der Waals surface area contributed by atoms with Crippen molar-refractivity contribution in [3.8, 4) is 5.88 Å². The molecule has 1 aromatic carbocycles. The molecular formula is C25H28FN3O3. The second-order valence-electron chi connectivity index (χ2n) is 8.30. The smallest absolute Gasteiger partial charge is 0.253 e. The monoisotopic (exact) mass is 437 g/mol. The molecule has 0 spiro atoms. The molecule has 3 aromatic rings. The maximum Gasteiger partial charge on any atom is 0.253 e. The van der Waals surface area contributed by atoms with Gasteiger partial charge in [-0.05, 0) is 73.4 Å². The number of nitrogens with one attached hydrogen (secondary N) is 1. The Morgan fingerprint density at radius 2 is 1.94 bits per heavy atom. The number of pyridine rings is 2. The van der Waals surface area contributed by atoms with E-state index >= 15 is 0 Å². The fourth-order valence-electron chi connectivity index (χ4n) is 4.69. The van der Waals surface area contributed by atoms with E-state index in [2.05, 4.69) is 15.3 Å². The molecule has 2 heterocycles. The van der Waals surface area contributed by atoms with Gasteiger partial charge in [0.1, 0.15) is 5.82 Å². The van der Waals surface area contributed by atoms with E-state index < -0.39 is 0 Å². The first-order valence-electron chi connectivity index (χ1n) is 10.9. The van der Waals surface area contributed by atoms with Crippen LogP contribution in [0, 0.1) is 11.7 Å². The van der Waals surface area contributed by atoms with E-state index in [1.54, 1.807) is 37.6 Å². The molecule has 1 amide bonds. The van der Waals surface area contributed by atoms with E-state index in [9.17, 15) is 9.18 Å². The zero-order valence-electron chi connectivity index (χ0n) is 18.4. The Balaban J connectivity index is 1.43. The molecule has 7 heteroatoms. The van der Waals surface area contributed by atoms with Gasteiger partial charge in [0.25, 0.3) is 5.91 Å². The van der Waals surface area contributed by atoms with Gasteiger partial charge in [-0.25, -0.2) is 9.37 Å². The average Bonchev–Trinajstić information content (AvgIpc) is 2.83. The maximum atomic E-state index is 13.8. The number of fused-ring (bicyclic) bond motifs is 1. The number of benzene rings is 1. The maximum absolute atomic E-state index is 13.8. The largest absolute Gasteiger partial charge is 0.481 e. The summed E-state index contributed by atoms with van der Waals surface area (Å²) >= 11 is 0. The van der Waals surface area contributed by atoms with Gasteiger partial charge in [0.05, 0.1) is 30.8 Å². The minimum absolute atomic E-state index is 0.0813. The van der Waals surface area contributed by atoms with Crippen LogP contribution in [0.1, 0.15) is 47.5 Å². The number of rotatable bonds is 7. The summed E-state index contributed by atoms with van der Waals surface area (Å²) in [5.74, 6) is 0.725. The summed E-state index contributed by atoms with van der Waals surface area (Å²) in [5, 5.41) is 4.02. The second kappa shape index (κ2) is 10.0. The lowest BCUT2D eigenvalue weighted by Crippen LogP contribution is -2.44. The van der Waals surface area contributed by atoms with E-state index in [1.165, 1.54) is 19.4 Å². The van der Waals surface area contributed by atoms with Crippen molar-refractivity contribution in [3.05, 3.63) is 65.7 Å². The molecule has 1 N–H and O–H groups in total. The van der Waals surface area contributed by atoms with Crippen molar-refractivity contribution >= 4 is 16.8 Å². The van der Waals surface area contributed by atoms with E-state index in [0.717, 1.165) is 42.1 Å². The van der Waals surface area contributed by atoms with Crippen molar-refractivity contribution in [2.24, 2.45) is 5.92 Å². The number of hydrogen-bond acceptors (Lipinski definition) is 5. The first-order valence-corrected chi connectivity index (χ1v) is 10.9. The topological polar surface area (TPSA) is 73.3 Å². The Kier molecular flexibility index (Phi) is 6.95. The summed E-state index contributed by atoms with van der Waals surface area (Å²) in [5.41, 5.74) is 2.47. The lowest BCUT2D eigenvalue weighted by atomic mass is 9.75. The first-order chi connectivity index (χ1) is 15.6. The highest BCUT2D eigenvalue weighted by molar-refractivity contribution is 5.94. The van der Waals surface area contributed by atoms with Gasteiger partial charge in [0.2, 0.25) is 5.88 Å². The number of aromatic nitrogens is 2. The third-order valence-corrected chi connectivity index (χ3v) is 6.39. The van der Waals surface area contributed by atoms with E-state index in [0.29, 0.717) is 29.9 Å². The average molecular weight is 438 g/mol. The minimum Gasteiger partial charge on any atom is -0.481 e. The zero-order chi connectivity index (χ0) is 22.5. The van der Waals surface area contributed by atoms with Gasteiger partial charge >= 0.3 is 0 Å². The van der Waals surface area contributed by atoms with Crippen molar-refractivity contribution in [3.63, 3.8) is 0 Å². The molecule has 4 rings (SSSR count). The normalized spacial score (nSPS) is 19.5. The third-order valence-electron chi connectivity index (χ3n) is 6.39. The number of nitrogens with zero attached hydrogens (tertiary/aromatic N) is 2. The highest BCUT2D eigenvalue weighted by Gasteiger charge is 2.30. The van der Waals surface area contributed by atoms with E-state index in [4.69, 9.17) is 9.47 Å². The lowest BCUT2D eigenvalue weighted by Gasteiger charge is -2.34. The van der Waals surface area contributed by atoms with Crippen LogP contribution in [0.25, 0.3) is 10.9 Å². The van der Waals surface area contributed by atoms with Crippen molar-refractivity contribution in [1.82, 2.24) is 15.3 Å². The van der Waals surface area contributed by atoms with Crippen LogP contribution < -0.4 is 10.1 Å². The summed E-state index contributed by atoms with van der Waals surface area (Å²) < 4.78 is 24.3. The standard InChI is InChI=1S/C25H28FN3O3/c1-31-15-23(29-25(30)18-7-10-24(32-2)28-14-18)17-5-3-16(4-6-17)20-11-12-27-22-9-8-19(26)13-21(20)22/h7-14,16-17,23H,3-6,15H2,1-2H3,(H,29,30)/t16?,17?,23-/m1/s1. The molecule has 1 fully saturated rings. The fourth-order valence-corrected chi connectivity index (χ4v) is 4.69. The Hall–Kier alpha value is -3.06. The van der Waals surface area contributed by atoms with Gasteiger partial charge in [-0.3, -0.25) is 9.78 Å². The molecule has 1 aliphatic rings. The molecule has 168 valence electrons. The molecule has 0 saturated heterocycles. The predicted molar refractivity (Wildman–Crippen MR) is 120 cm³/mol. The van der Waals surface area contributed by atoms with Crippen LogP contribution in [0.3, 0.4) is 0 Å². The number of hydrogen-bond donors (Lipinski definition) is 1. The van der Waals surface area contributed by atoms with Gasteiger partial charge < -0.3 is 14.8 Å². The quantitative estimate of drug-likeness (QED) is 0.589. The van der Waals surface area contributed by atoms with Crippen LogP contribution in [0.5, 0.6) is 5.88 Å². The predicted octanol–water partition coefficient (Wildman–Crippen LogP) is 4.50. The number of halogens is 1. The molecule has 1 aliphatic carbocycles. The van der Waals surface area contributed by atoms with Crippen molar-refractivity contribution < 1.29 is 18.7 Å². The molecule has 1 atom stereocenters. The number of methoxy groups -OCH3 is 2. The van der Waals surface area contributed by atoms with Crippen LogP contribution in [-0.4, -0.2) is 42.7 Å². The van der Waals surface area contributed by atoms with Gasteiger partial charge in [-0.15, -0.1) is 0 Å². The fraction of sp³-hybridized carbons (Fsp3) is 0.400. The summed E-state index contributed by atoms with van der Waals surface area (Å²) in [4.78, 5) is 21.2. The number of carbonyl (C=O) groups is 1. The molecule has 6 nitrogen and oxygen atoms in total. The Morgan fingerprint density at radius 1 is 1.12 bits per heavy atom. The van der Waals surface area contributed by atoms with E-state index in [-0.39, 0.29) is 17.8 Å². The molecule has 0 unspecified atom stereocenters. The molecule has 2 aromatic heterocycles. The summed E-state index contributed by atoms with van der Waals surface area (Å²) in [6.45, 7) is 0.452. The number of carbonyl (C=O) groups excluding carboxylic acids is 1. The Morgan fingerprint density at radius 3 is 2.62 bits per heavy atom. The summed E-state index contributed by atoms with van der Waals surface area (Å²) in [6.07, 6.45) is 7.18.